The fourth-order valence-electron chi connectivity index (χ4n) is 2.47. The molecule has 0 aliphatic heterocycles. The molecule has 2 amide bonds. The molecule has 23 heavy (non-hydrogen) atoms. The molecule has 2 aromatic rings. The molecule has 2 rings (SSSR count). The van der Waals surface area contributed by atoms with Crippen LogP contribution < -0.4 is 10.6 Å². The van der Waals surface area contributed by atoms with Gasteiger partial charge in [-0.05, 0) is 45.6 Å². The minimum Gasteiger partial charge on any atom is -0.336 e. The van der Waals surface area contributed by atoms with Crippen LogP contribution in [0.5, 0.6) is 0 Å². The second-order valence-corrected chi connectivity index (χ2v) is 5.93. The first kappa shape index (κ1) is 17.0. The molecule has 0 bridgehead atoms. The fourth-order valence-corrected chi connectivity index (χ4v) is 2.47. The summed E-state index contributed by atoms with van der Waals surface area (Å²) < 4.78 is 1.76. The topological polar surface area (TPSA) is 75.1 Å². The first-order valence-electron chi connectivity index (χ1n) is 7.50. The van der Waals surface area contributed by atoms with E-state index in [0.29, 0.717) is 12.4 Å². The van der Waals surface area contributed by atoms with E-state index in [1.54, 1.807) is 4.68 Å². The van der Waals surface area contributed by atoms with E-state index >= 15 is 0 Å². The van der Waals surface area contributed by atoms with Crippen LogP contribution in [0.2, 0.25) is 0 Å². The van der Waals surface area contributed by atoms with Crippen LogP contribution >= 0.6 is 0 Å². The molecule has 2 heterocycles. The van der Waals surface area contributed by atoms with Crippen molar-refractivity contribution in [3.63, 3.8) is 0 Å². The van der Waals surface area contributed by atoms with Gasteiger partial charge in [0.15, 0.2) is 0 Å². The van der Waals surface area contributed by atoms with Crippen LogP contribution in [0.25, 0.3) is 0 Å². The van der Waals surface area contributed by atoms with Crippen LogP contribution in [0.3, 0.4) is 0 Å². The Bertz CT molecular complexity index is 659. The van der Waals surface area contributed by atoms with Crippen molar-refractivity contribution in [2.24, 2.45) is 7.05 Å². The Hall–Kier alpha value is -2.41. The number of carbonyl (C=O) groups is 1. The molecule has 2 N–H and O–H groups in total. The van der Waals surface area contributed by atoms with Crippen LogP contribution in [-0.2, 0) is 7.05 Å². The number of aryl methyl sites for hydroxylation is 3. The molecule has 0 aliphatic carbocycles. The Labute approximate surface area is 136 Å². The molecule has 124 valence electrons. The van der Waals surface area contributed by atoms with E-state index in [1.165, 1.54) is 0 Å². The number of amides is 2. The Morgan fingerprint density at radius 1 is 1.35 bits per heavy atom. The lowest BCUT2D eigenvalue weighted by molar-refractivity contribution is 0.243. The summed E-state index contributed by atoms with van der Waals surface area (Å²) in [5.74, 6) is 0.558. The Balaban J connectivity index is 1.96. The summed E-state index contributed by atoms with van der Waals surface area (Å²) in [6.45, 7) is 4.36. The minimum atomic E-state index is -0.266. The van der Waals surface area contributed by atoms with Crippen molar-refractivity contribution < 1.29 is 4.79 Å². The smallest absolute Gasteiger partial charge is 0.320 e. The second-order valence-electron chi connectivity index (χ2n) is 5.93. The highest BCUT2D eigenvalue weighted by Crippen LogP contribution is 2.16. The van der Waals surface area contributed by atoms with Crippen LogP contribution in [0.1, 0.15) is 22.9 Å². The molecule has 0 spiro atoms. The van der Waals surface area contributed by atoms with E-state index in [-0.39, 0.29) is 12.1 Å². The van der Waals surface area contributed by atoms with Crippen molar-refractivity contribution in [1.82, 2.24) is 25.0 Å². The van der Waals surface area contributed by atoms with Crippen molar-refractivity contribution in [2.75, 3.05) is 26.0 Å². The zero-order chi connectivity index (χ0) is 17.0. The largest absolute Gasteiger partial charge is 0.336 e. The summed E-state index contributed by atoms with van der Waals surface area (Å²) in [6.07, 6.45) is 3.77. The molecule has 2 aromatic heterocycles. The van der Waals surface area contributed by atoms with Gasteiger partial charge in [-0.15, -0.1) is 0 Å². The van der Waals surface area contributed by atoms with E-state index in [0.717, 1.165) is 16.8 Å². The molecule has 0 aromatic carbocycles. The molecular weight excluding hydrogens is 292 g/mol. The van der Waals surface area contributed by atoms with Gasteiger partial charge in [0.1, 0.15) is 5.82 Å². The maximum atomic E-state index is 12.1. The van der Waals surface area contributed by atoms with E-state index < -0.39 is 0 Å². The van der Waals surface area contributed by atoms with Crippen molar-refractivity contribution in [3.05, 3.63) is 41.3 Å². The van der Waals surface area contributed by atoms with Gasteiger partial charge in [0.25, 0.3) is 0 Å². The van der Waals surface area contributed by atoms with E-state index in [9.17, 15) is 4.79 Å². The number of pyridine rings is 1. The number of hydrogen-bond acceptors (Lipinski definition) is 4. The van der Waals surface area contributed by atoms with Gasteiger partial charge in [-0.25, -0.2) is 9.78 Å². The molecule has 0 aliphatic rings. The summed E-state index contributed by atoms with van der Waals surface area (Å²) in [5.41, 5.74) is 3.00. The number of nitrogens with one attached hydrogen (secondary N) is 2. The number of carbonyl (C=O) groups excluding carboxylic acids is 1. The lowest BCUT2D eigenvalue weighted by atomic mass is 10.1. The second kappa shape index (κ2) is 7.23. The molecule has 0 saturated heterocycles. The molecule has 7 heteroatoms. The predicted octanol–water partition coefficient (Wildman–Crippen LogP) is 1.86. The van der Waals surface area contributed by atoms with Crippen molar-refractivity contribution >= 4 is 11.8 Å². The molecular formula is C16H24N6O. The standard InChI is InChI=1S/C16H24N6O/c1-11-6-12(2)19-15(7-11)20-16(23)17-9-14(21(3)4)13-8-18-22(5)10-13/h6-8,10,14H,9H2,1-5H3,(H2,17,19,20,23)/t14-/m1/s1. The van der Waals surface area contributed by atoms with Crippen LogP contribution in [0.15, 0.2) is 24.5 Å². The summed E-state index contributed by atoms with van der Waals surface area (Å²) in [4.78, 5) is 18.4. The zero-order valence-electron chi connectivity index (χ0n) is 14.3. The lowest BCUT2D eigenvalue weighted by Gasteiger charge is -2.23. The maximum Gasteiger partial charge on any atom is 0.320 e. The number of likely N-dealkylation sites (N-methyl/N-ethyl adjacent to an activating group) is 1. The predicted molar refractivity (Wildman–Crippen MR) is 90.4 cm³/mol. The quantitative estimate of drug-likeness (QED) is 0.883. The monoisotopic (exact) mass is 316 g/mol. The number of nitrogens with zero attached hydrogens (tertiary/aromatic N) is 4. The number of urea groups is 1. The first-order valence-corrected chi connectivity index (χ1v) is 7.50. The summed E-state index contributed by atoms with van der Waals surface area (Å²) in [7, 11) is 5.83. The van der Waals surface area contributed by atoms with Crippen molar-refractivity contribution in [3.8, 4) is 0 Å². The van der Waals surface area contributed by atoms with E-state index in [4.69, 9.17) is 0 Å². The minimum absolute atomic E-state index is 0.0571. The normalized spacial score (nSPS) is 12.3. The molecule has 0 unspecified atom stereocenters. The van der Waals surface area contributed by atoms with Gasteiger partial charge in [0.05, 0.1) is 12.2 Å². The Kier molecular flexibility index (Phi) is 5.33. The highest BCUT2D eigenvalue weighted by atomic mass is 16.2. The zero-order valence-corrected chi connectivity index (χ0v) is 14.3. The molecule has 0 saturated carbocycles. The number of hydrogen-bond donors (Lipinski definition) is 2. The highest BCUT2D eigenvalue weighted by molar-refractivity contribution is 5.88. The third-order valence-electron chi connectivity index (χ3n) is 3.53. The summed E-state index contributed by atoms with van der Waals surface area (Å²) in [6, 6.07) is 3.60. The van der Waals surface area contributed by atoms with Gasteiger partial charge in [0.2, 0.25) is 0 Å². The van der Waals surface area contributed by atoms with Gasteiger partial charge >= 0.3 is 6.03 Å². The third kappa shape index (κ3) is 4.79. The number of anilines is 1. The SMILES string of the molecule is Cc1cc(C)nc(NC(=O)NC[C@H](c2cnn(C)c2)N(C)C)c1. The molecule has 0 radical (unpaired) electrons. The van der Waals surface area contributed by atoms with Gasteiger partial charge in [0, 0.05) is 31.0 Å². The van der Waals surface area contributed by atoms with Crippen molar-refractivity contribution in [1.29, 1.82) is 0 Å². The van der Waals surface area contributed by atoms with Gasteiger partial charge in [-0.3, -0.25) is 10.00 Å². The number of aromatic nitrogens is 3. The van der Waals surface area contributed by atoms with Gasteiger partial charge < -0.3 is 10.2 Å². The maximum absolute atomic E-state index is 12.1. The van der Waals surface area contributed by atoms with Gasteiger partial charge in [-0.2, -0.15) is 5.10 Å². The molecule has 0 fully saturated rings. The van der Waals surface area contributed by atoms with E-state index in [2.05, 4.69) is 20.7 Å². The molecule has 1 atom stereocenters. The Morgan fingerprint density at radius 3 is 2.65 bits per heavy atom. The van der Waals surface area contributed by atoms with Crippen molar-refractivity contribution in [2.45, 2.75) is 19.9 Å². The third-order valence-corrected chi connectivity index (χ3v) is 3.53. The average Bonchev–Trinajstić information content (AvgIpc) is 2.83. The summed E-state index contributed by atoms with van der Waals surface area (Å²) >= 11 is 0. The van der Waals surface area contributed by atoms with Crippen LogP contribution in [0.4, 0.5) is 10.6 Å². The first-order chi connectivity index (χ1) is 10.8. The Morgan fingerprint density at radius 2 is 2.09 bits per heavy atom. The lowest BCUT2D eigenvalue weighted by Crippen LogP contribution is -2.37. The molecule has 7 nitrogen and oxygen atoms in total. The van der Waals surface area contributed by atoms with E-state index in [1.807, 2.05) is 64.4 Å². The van der Waals surface area contributed by atoms with Crippen LogP contribution in [-0.4, -0.2) is 46.3 Å². The van der Waals surface area contributed by atoms with Crippen LogP contribution in [0, 0.1) is 13.8 Å². The van der Waals surface area contributed by atoms with Gasteiger partial charge in [-0.1, -0.05) is 0 Å². The number of rotatable bonds is 5. The average molecular weight is 316 g/mol. The fraction of sp³-hybridized carbons (Fsp3) is 0.438. The summed E-state index contributed by atoms with van der Waals surface area (Å²) in [5, 5.41) is 9.85. The highest BCUT2D eigenvalue weighted by Gasteiger charge is 2.17.